The van der Waals surface area contributed by atoms with Gasteiger partial charge in [-0.15, -0.1) is 0 Å². The minimum Gasteiger partial charge on any atom is -0.497 e. The number of ether oxygens (including phenoxy) is 1. The van der Waals surface area contributed by atoms with Crippen molar-refractivity contribution in [1.82, 2.24) is 5.32 Å². The first-order valence-electron chi connectivity index (χ1n) is 7.50. The molecule has 1 unspecified atom stereocenters. The van der Waals surface area contributed by atoms with Crippen LogP contribution in [0.25, 0.3) is 0 Å². The Morgan fingerprint density at radius 2 is 1.83 bits per heavy atom. The van der Waals surface area contributed by atoms with E-state index in [9.17, 15) is 10.1 Å². The number of carbonyl (C=O) groups is 1. The fourth-order valence-corrected chi connectivity index (χ4v) is 2.07. The molecule has 2 aromatic carbocycles. The van der Waals surface area contributed by atoms with Gasteiger partial charge in [-0.1, -0.05) is 30.3 Å². The number of amides is 1. The number of carbonyl (C=O) groups excluding carboxylic acids is 1. The van der Waals surface area contributed by atoms with Crippen LogP contribution in [0.15, 0.2) is 66.4 Å². The predicted molar refractivity (Wildman–Crippen MR) is 93.3 cm³/mol. The van der Waals surface area contributed by atoms with Crippen molar-refractivity contribution in [3.63, 3.8) is 0 Å². The third-order valence-corrected chi connectivity index (χ3v) is 3.49. The molecule has 0 aliphatic carbocycles. The van der Waals surface area contributed by atoms with Crippen LogP contribution in [0.4, 0.5) is 5.69 Å². The van der Waals surface area contributed by atoms with Crippen molar-refractivity contribution in [2.75, 3.05) is 12.4 Å². The second-order valence-electron chi connectivity index (χ2n) is 5.15. The first-order valence-corrected chi connectivity index (χ1v) is 7.50. The Labute approximate surface area is 141 Å². The predicted octanol–water partition coefficient (Wildman–Crippen LogP) is 3.39. The number of nitrogens with one attached hydrogen (secondary N) is 2. The Hall–Kier alpha value is -3.26. The van der Waals surface area contributed by atoms with Gasteiger partial charge in [0.15, 0.2) is 0 Å². The Morgan fingerprint density at radius 3 is 2.42 bits per heavy atom. The fourth-order valence-electron chi connectivity index (χ4n) is 2.07. The van der Waals surface area contributed by atoms with E-state index in [1.165, 1.54) is 6.20 Å². The standard InChI is InChI=1S/C19H19N3O2/c1-14(15-6-4-3-5-7-15)21-13-16(12-20)19(23)22-17-8-10-18(24-2)11-9-17/h3-11,13-14,21H,1-2H3,(H,22,23)/b16-13-. The van der Waals surface area contributed by atoms with E-state index in [0.29, 0.717) is 11.4 Å². The number of nitriles is 1. The van der Waals surface area contributed by atoms with Gasteiger partial charge in [-0.2, -0.15) is 5.26 Å². The van der Waals surface area contributed by atoms with Gasteiger partial charge in [0.25, 0.3) is 5.91 Å². The lowest BCUT2D eigenvalue weighted by molar-refractivity contribution is -0.112. The maximum atomic E-state index is 12.2. The average Bonchev–Trinajstić information content (AvgIpc) is 2.63. The van der Waals surface area contributed by atoms with Crippen LogP contribution in [0.3, 0.4) is 0 Å². The molecule has 1 amide bonds. The van der Waals surface area contributed by atoms with E-state index in [0.717, 1.165) is 5.56 Å². The largest absolute Gasteiger partial charge is 0.497 e. The summed E-state index contributed by atoms with van der Waals surface area (Å²) < 4.78 is 5.06. The van der Waals surface area contributed by atoms with E-state index < -0.39 is 5.91 Å². The van der Waals surface area contributed by atoms with Gasteiger partial charge in [0, 0.05) is 17.9 Å². The summed E-state index contributed by atoms with van der Waals surface area (Å²) in [6.45, 7) is 1.96. The highest BCUT2D eigenvalue weighted by molar-refractivity contribution is 6.06. The number of hydrogen-bond donors (Lipinski definition) is 2. The number of anilines is 1. The van der Waals surface area contributed by atoms with E-state index in [1.54, 1.807) is 31.4 Å². The van der Waals surface area contributed by atoms with Crippen molar-refractivity contribution < 1.29 is 9.53 Å². The molecule has 0 bridgehead atoms. The third-order valence-electron chi connectivity index (χ3n) is 3.49. The zero-order valence-corrected chi connectivity index (χ0v) is 13.6. The van der Waals surface area contributed by atoms with E-state index in [2.05, 4.69) is 10.6 Å². The van der Waals surface area contributed by atoms with E-state index in [4.69, 9.17) is 4.74 Å². The molecule has 0 spiro atoms. The maximum absolute atomic E-state index is 12.2. The van der Waals surface area contributed by atoms with Crippen LogP contribution >= 0.6 is 0 Å². The van der Waals surface area contributed by atoms with Crippen LogP contribution in [-0.2, 0) is 4.79 Å². The highest BCUT2D eigenvalue weighted by atomic mass is 16.5. The van der Waals surface area contributed by atoms with E-state index >= 15 is 0 Å². The third kappa shape index (κ3) is 4.62. The van der Waals surface area contributed by atoms with Gasteiger partial charge in [-0.05, 0) is 36.8 Å². The van der Waals surface area contributed by atoms with E-state index in [-0.39, 0.29) is 11.6 Å². The SMILES string of the molecule is COc1ccc(NC(=O)/C(C#N)=C\NC(C)c2ccccc2)cc1. The molecule has 0 heterocycles. The molecule has 0 saturated carbocycles. The highest BCUT2D eigenvalue weighted by Gasteiger charge is 2.10. The van der Waals surface area contributed by atoms with Gasteiger partial charge >= 0.3 is 0 Å². The van der Waals surface area contributed by atoms with Gasteiger partial charge in [0.2, 0.25) is 0 Å². The first kappa shape index (κ1) is 17.1. The first-order chi connectivity index (χ1) is 11.6. The number of benzene rings is 2. The molecule has 24 heavy (non-hydrogen) atoms. The topological polar surface area (TPSA) is 74.1 Å². The molecule has 0 saturated heterocycles. The summed E-state index contributed by atoms with van der Waals surface area (Å²) in [6, 6.07) is 18.6. The molecular weight excluding hydrogens is 302 g/mol. The molecule has 5 nitrogen and oxygen atoms in total. The fraction of sp³-hybridized carbons (Fsp3) is 0.158. The molecule has 0 fully saturated rings. The quantitative estimate of drug-likeness (QED) is 0.632. The summed E-state index contributed by atoms with van der Waals surface area (Å²) in [5.74, 6) is 0.234. The van der Waals surface area contributed by atoms with Crippen LogP contribution in [0, 0.1) is 11.3 Å². The summed E-state index contributed by atoms with van der Waals surface area (Å²) in [5.41, 5.74) is 1.67. The van der Waals surface area contributed by atoms with Crippen molar-refractivity contribution in [2.24, 2.45) is 0 Å². The number of rotatable bonds is 6. The highest BCUT2D eigenvalue weighted by Crippen LogP contribution is 2.16. The molecule has 1 atom stereocenters. The monoisotopic (exact) mass is 321 g/mol. The molecule has 2 aromatic rings. The van der Waals surface area contributed by atoms with Crippen LogP contribution in [0.5, 0.6) is 5.75 Å². The van der Waals surface area contributed by atoms with Crippen molar-refractivity contribution in [2.45, 2.75) is 13.0 Å². The smallest absolute Gasteiger partial charge is 0.267 e. The van der Waals surface area contributed by atoms with Gasteiger partial charge in [0.05, 0.1) is 7.11 Å². The minimum absolute atomic E-state index is 0.00796. The lowest BCUT2D eigenvalue weighted by Gasteiger charge is -2.12. The Kier molecular flexibility index (Phi) is 5.98. The van der Waals surface area contributed by atoms with Crippen molar-refractivity contribution in [3.8, 4) is 11.8 Å². The van der Waals surface area contributed by atoms with Crippen molar-refractivity contribution in [1.29, 1.82) is 5.26 Å². The van der Waals surface area contributed by atoms with Crippen LogP contribution in [0.1, 0.15) is 18.5 Å². The minimum atomic E-state index is -0.463. The zero-order valence-electron chi connectivity index (χ0n) is 13.6. The lowest BCUT2D eigenvalue weighted by Crippen LogP contribution is -2.18. The Balaban J connectivity index is 2.01. The molecule has 0 radical (unpaired) electrons. The number of hydrogen-bond acceptors (Lipinski definition) is 4. The second-order valence-corrected chi connectivity index (χ2v) is 5.15. The van der Waals surface area contributed by atoms with E-state index in [1.807, 2.05) is 43.3 Å². The van der Waals surface area contributed by atoms with Gasteiger partial charge in [-0.3, -0.25) is 4.79 Å². The van der Waals surface area contributed by atoms with Crippen LogP contribution in [-0.4, -0.2) is 13.0 Å². The molecular formula is C19H19N3O2. The molecule has 2 rings (SSSR count). The summed E-state index contributed by atoms with van der Waals surface area (Å²) >= 11 is 0. The van der Waals surface area contributed by atoms with Crippen molar-refractivity contribution >= 4 is 11.6 Å². The summed E-state index contributed by atoms with van der Waals surface area (Å²) in [7, 11) is 1.57. The summed E-state index contributed by atoms with van der Waals surface area (Å²) in [4.78, 5) is 12.2. The number of methoxy groups -OCH3 is 1. The molecule has 5 heteroatoms. The molecule has 2 N–H and O–H groups in total. The van der Waals surface area contributed by atoms with Crippen LogP contribution < -0.4 is 15.4 Å². The van der Waals surface area contributed by atoms with Crippen molar-refractivity contribution in [3.05, 3.63) is 71.9 Å². The average molecular weight is 321 g/mol. The van der Waals surface area contributed by atoms with Gasteiger partial charge in [0.1, 0.15) is 17.4 Å². The Bertz CT molecular complexity index is 746. The summed E-state index contributed by atoms with van der Waals surface area (Å²) in [5, 5.41) is 15.0. The second kappa shape index (κ2) is 8.39. The number of nitrogens with zero attached hydrogens (tertiary/aromatic N) is 1. The molecule has 122 valence electrons. The molecule has 0 aliphatic rings. The molecule has 0 aliphatic heterocycles. The molecule has 0 aromatic heterocycles. The van der Waals surface area contributed by atoms with Gasteiger partial charge < -0.3 is 15.4 Å². The normalized spacial score (nSPS) is 12.0. The summed E-state index contributed by atoms with van der Waals surface area (Å²) in [6.07, 6.45) is 1.44. The van der Waals surface area contributed by atoms with Gasteiger partial charge in [-0.25, -0.2) is 0 Å². The maximum Gasteiger partial charge on any atom is 0.267 e. The van der Waals surface area contributed by atoms with Crippen LogP contribution in [0.2, 0.25) is 0 Å². The Morgan fingerprint density at radius 1 is 1.17 bits per heavy atom. The lowest BCUT2D eigenvalue weighted by atomic mass is 10.1. The zero-order chi connectivity index (χ0) is 17.4.